The van der Waals surface area contributed by atoms with Crippen molar-refractivity contribution in [2.75, 3.05) is 5.32 Å². The second-order valence-corrected chi connectivity index (χ2v) is 5.57. The first kappa shape index (κ1) is 12.4. The predicted octanol–water partition coefficient (Wildman–Crippen LogP) is 2.86. The number of aryl methyl sites for hydroxylation is 1. The summed E-state index contributed by atoms with van der Waals surface area (Å²) in [5.41, 5.74) is 5.79. The average molecular weight is 316 g/mol. The van der Waals surface area contributed by atoms with Gasteiger partial charge in [0.25, 0.3) is 0 Å². The van der Waals surface area contributed by atoms with E-state index in [9.17, 15) is 0 Å². The summed E-state index contributed by atoms with van der Waals surface area (Å²) >= 11 is 0.0306. The van der Waals surface area contributed by atoms with Crippen LogP contribution in [0.1, 0.15) is 18.1 Å². The van der Waals surface area contributed by atoms with E-state index in [0.29, 0.717) is 0 Å². The summed E-state index contributed by atoms with van der Waals surface area (Å²) in [5, 5.41) is 3.46. The van der Waals surface area contributed by atoms with E-state index in [1.165, 1.54) is 11.1 Å². The van der Waals surface area contributed by atoms with Crippen LogP contribution in [0.4, 0.5) is 5.69 Å². The molecule has 0 aliphatic carbocycles. The van der Waals surface area contributed by atoms with Crippen molar-refractivity contribution in [1.29, 1.82) is 0 Å². The van der Waals surface area contributed by atoms with Crippen LogP contribution in [0.15, 0.2) is 42.5 Å². The molecule has 0 radical (unpaired) electrons. The number of rotatable bonds is 4. The Kier molecular flexibility index (Phi) is 3.62. The van der Waals surface area contributed by atoms with E-state index in [-0.39, 0.29) is 15.0 Å². The Bertz CT molecular complexity index is 673. The van der Waals surface area contributed by atoms with Gasteiger partial charge in [-0.2, -0.15) is 0 Å². The summed E-state index contributed by atoms with van der Waals surface area (Å²) in [4.78, 5) is 0. The van der Waals surface area contributed by atoms with Crippen molar-refractivity contribution in [3.05, 3.63) is 53.6 Å². The molecule has 2 aromatic carbocycles. The Labute approximate surface area is 118 Å². The second-order valence-electron chi connectivity index (χ2n) is 4.46. The van der Waals surface area contributed by atoms with E-state index in [4.69, 9.17) is 0 Å². The van der Waals surface area contributed by atoms with Crippen molar-refractivity contribution in [2.45, 2.75) is 19.9 Å². The quantitative estimate of drug-likeness (QED) is 0.752. The fraction of sp³-hybridized carbons (Fsp3) is 0.200. The number of benzene rings is 2. The second kappa shape index (κ2) is 5.55. The Morgan fingerprint density at radius 1 is 1.00 bits per heavy atom. The zero-order valence-electron chi connectivity index (χ0n) is 10.8. The van der Waals surface area contributed by atoms with E-state index in [1.807, 2.05) is 12.1 Å². The fourth-order valence-corrected chi connectivity index (χ4v) is 3.19. The van der Waals surface area contributed by atoms with Gasteiger partial charge >= 0.3 is 118 Å². The van der Waals surface area contributed by atoms with Gasteiger partial charge in [-0.05, 0) is 0 Å². The summed E-state index contributed by atoms with van der Waals surface area (Å²) in [6, 6.07) is 14.9. The minimum atomic E-state index is 0.0306. The summed E-state index contributed by atoms with van der Waals surface area (Å²) < 4.78 is 8.87. The minimum absolute atomic E-state index is 0.0306. The molecule has 96 valence electrons. The number of fused-ring (bicyclic) bond motifs is 1. The summed E-state index contributed by atoms with van der Waals surface area (Å²) in [6.45, 7) is 3.00. The number of aromatic nitrogens is 2. The molecule has 1 N–H and O–H groups in total. The number of nitrogens with one attached hydrogen (secondary N) is 1. The average Bonchev–Trinajstić information content (AvgIpc) is 2.94. The molecule has 3 rings (SSSR count). The molecule has 3 aromatic rings. The molecule has 0 aliphatic heterocycles. The van der Waals surface area contributed by atoms with Crippen molar-refractivity contribution >= 4 is 31.7 Å². The van der Waals surface area contributed by atoms with Crippen LogP contribution in [0.3, 0.4) is 0 Å². The van der Waals surface area contributed by atoms with E-state index >= 15 is 0 Å². The molecule has 0 fully saturated rings. The molecule has 0 amide bonds. The zero-order valence-corrected chi connectivity index (χ0v) is 12.5. The Balaban J connectivity index is 1.76. The molecule has 3 nitrogen and oxygen atoms in total. The van der Waals surface area contributed by atoms with Crippen molar-refractivity contribution in [2.24, 2.45) is 0 Å². The molecule has 0 aliphatic rings. The van der Waals surface area contributed by atoms with Gasteiger partial charge < -0.3 is 0 Å². The summed E-state index contributed by atoms with van der Waals surface area (Å²) in [7, 11) is 0. The van der Waals surface area contributed by atoms with Gasteiger partial charge in [-0.1, -0.05) is 0 Å². The van der Waals surface area contributed by atoms with Crippen LogP contribution in [0, 0.1) is 0 Å². The molecule has 1 aromatic heterocycles. The molecule has 0 atom stereocenters. The summed E-state index contributed by atoms with van der Waals surface area (Å²) in [6.07, 6.45) is 1.09. The number of hydrogen-bond acceptors (Lipinski definition) is 3. The first-order chi connectivity index (χ1) is 9.36. The van der Waals surface area contributed by atoms with Crippen LogP contribution in [-0.2, 0) is 13.0 Å². The van der Waals surface area contributed by atoms with Gasteiger partial charge in [0.05, 0.1) is 0 Å². The van der Waals surface area contributed by atoms with Crippen LogP contribution in [0.5, 0.6) is 0 Å². The third-order valence-electron chi connectivity index (χ3n) is 3.20. The van der Waals surface area contributed by atoms with Crippen molar-refractivity contribution in [3.63, 3.8) is 0 Å². The van der Waals surface area contributed by atoms with Crippen LogP contribution in [0.2, 0.25) is 0 Å². The monoisotopic (exact) mass is 317 g/mol. The molecule has 0 unspecified atom stereocenters. The molecule has 4 heteroatoms. The van der Waals surface area contributed by atoms with Crippen LogP contribution in [0.25, 0.3) is 11.0 Å². The maximum atomic E-state index is 4.47. The first-order valence-electron chi connectivity index (χ1n) is 6.40. The molecule has 1 heterocycles. The molecule has 0 saturated heterocycles. The molecular formula is C15H15N3Se. The van der Waals surface area contributed by atoms with Gasteiger partial charge in [0.1, 0.15) is 0 Å². The van der Waals surface area contributed by atoms with Crippen molar-refractivity contribution in [1.82, 2.24) is 7.96 Å². The van der Waals surface area contributed by atoms with E-state index in [2.05, 4.69) is 50.5 Å². The predicted molar refractivity (Wildman–Crippen MR) is 79.6 cm³/mol. The SMILES string of the molecule is CCc1ccc(CNc2cccc3n[se]nc23)cc1. The van der Waals surface area contributed by atoms with Crippen LogP contribution >= 0.6 is 0 Å². The molecule has 0 spiro atoms. The normalized spacial score (nSPS) is 10.8. The van der Waals surface area contributed by atoms with Crippen molar-refractivity contribution < 1.29 is 0 Å². The summed E-state index contributed by atoms with van der Waals surface area (Å²) in [5.74, 6) is 0. The van der Waals surface area contributed by atoms with Gasteiger partial charge in [0, 0.05) is 0 Å². The van der Waals surface area contributed by atoms with Crippen molar-refractivity contribution in [3.8, 4) is 0 Å². The van der Waals surface area contributed by atoms with Crippen LogP contribution < -0.4 is 5.32 Å². The van der Waals surface area contributed by atoms with Gasteiger partial charge in [-0.3, -0.25) is 0 Å². The zero-order chi connectivity index (χ0) is 13.1. The Morgan fingerprint density at radius 3 is 2.58 bits per heavy atom. The molecular weight excluding hydrogens is 301 g/mol. The van der Waals surface area contributed by atoms with Gasteiger partial charge in [0.15, 0.2) is 0 Å². The molecule has 0 saturated carbocycles. The first-order valence-corrected chi connectivity index (χ1v) is 7.93. The Morgan fingerprint density at radius 2 is 1.79 bits per heavy atom. The van der Waals surface area contributed by atoms with Gasteiger partial charge in [-0.15, -0.1) is 0 Å². The van der Waals surface area contributed by atoms with Gasteiger partial charge in [-0.25, -0.2) is 0 Å². The number of nitrogens with zero attached hydrogens (tertiary/aromatic N) is 2. The molecule has 0 bridgehead atoms. The number of hydrogen-bond donors (Lipinski definition) is 1. The Hall–Kier alpha value is -1.64. The van der Waals surface area contributed by atoms with E-state index in [1.54, 1.807) is 0 Å². The maximum absolute atomic E-state index is 4.47. The molecule has 19 heavy (non-hydrogen) atoms. The van der Waals surface area contributed by atoms with E-state index in [0.717, 1.165) is 29.7 Å². The third-order valence-corrected chi connectivity index (χ3v) is 4.34. The third kappa shape index (κ3) is 2.70. The van der Waals surface area contributed by atoms with E-state index < -0.39 is 0 Å². The fourth-order valence-electron chi connectivity index (χ4n) is 2.04. The number of anilines is 1. The topological polar surface area (TPSA) is 37.8 Å². The standard InChI is InChI=1S/C15H15N3Se/c1-2-11-6-8-12(9-7-11)10-16-13-4-3-5-14-15(13)18-19-17-14/h3-9,16H,2,10H2,1H3. The van der Waals surface area contributed by atoms with Gasteiger partial charge in [0.2, 0.25) is 0 Å². The van der Waals surface area contributed by atoms with Crippen LogP contribution in [-0.4, -0.2) is 22.9 Å².